The zero-order valence-electron chi connectivity index (χ0n) is 10.4. The van der Waals surface area contributed by atoms with E-state index in [9.17, 15) is 9.18 Å². The van der Waals surface area contributed by atoms with Crippen LogP contribution in [-0.4, -0.2) is 5.78 Å². The topological polar surface area (TPSA) is 17.1 Å². The number of benzene rings is 1. The minimum absolute atomic E-state index is 0.183. The van der Waals surface area contributed by atoms with Crippen LogP contribution in [0.5, 0.6) is 0 Å². The van der Waals surface area contributed by atoms with E-state index in [2.05, 4.69) is 15.9 Å². The lowest BCUT2D eigenvalue weighted by atomic mass is 9.91. The molecule has 1 aliphatic carbocycles. The molecule has 0 aromatic heterocycles. The second kappa shape index (κ2) is 6.46. The van der Waals surface area contributed by atoms with Crippen molar-refractivity contribution in [2.45, 2.75) is 44.9 Å². The van der Waals surface area contributed by atoms with E-state index in [0.717, 1.165) is 35.7 Å². The van der Waals surface area contributed by atoms with Gasteiger partial charge in [0.25, 0.3) is 0 Å². The van der Waals surface area contributed by atoms with Crippen LogP contribution in [0.3, 0.4) is 0 Å². The molecule has 0 radical (unpaired) electrons. The molecule has 98 valence electrons. The van der Waals surface area contributed by atoms with Crippen molar-refractivity contribution in [3.05, 3.63) is 34.1 Å². The van der Waals surface area contributed by atoms with E-state index < -0.39 is 0 Å². The van der Waals surface area contributed by atoms with Crippen LogP contribution in [0.25, 0.3) is 0 Å². The largest absolute Gasteiger partial charge is 0.299 e. The second-order valence-corrected chi connectivity index (χ2v) is 5.92. The first kappa shape index (κ1) is 13.7. The molecule has 0 amide bonds. The Morgan fingerprint density at radius 3 is 2.56 bits per heavy atom. The summed E-state index contributed by atoms with van der Waals surface area (Å²) in [5, 5.41) is 0. The van der Waals surface area contributed by atoms with Gasteiger partial charge in [-0.15, -0.1) is 0 Å². The Labute approximate surface area is 116 Å². The van der Waals surface area contributed by atoms with Crippen molar-refractivity contribution in [2.24, 2.45) is 5.92 Å². The zero-order valence-corrected chi connectivity index (χ0v) is 12.0. The molecular weight excluding hydrogens is 295 g/mol. The third kappa shape index (κ3) is 3.64. The maximum Gasteiger partial charge on any atom is 0.140 e. The number of rotatable bonds is 3. The van der Waals surface area contributed by atoms with Gasteiger partial charge in [-0.25, -0.2) is 4.39 Å². The molecule has 0 aliphatic heterocycles. The molecule has 1 aliphatic rings. The first-order valence-electron chi connectivity index (χ1n) is 6.63. The van der Waals surface area contributed by atoms with E-state index in [0.29, 0.717) is 6.42 Å². The third-order valence-electron chi connectivity index (χ3n) is 3.68. The number of carbonyl (C=O) groups excluding carboxylic acids is 1. The van der Waals surface area contributed by atoms with Crippen LogP contribution in [0.4, 0.5) is 4.39 Å². The summed E-state index contributed by atoms with van der Waals surface area (Å²) in [5.74, 6) is 0.174. The van der Waals surface area contributed by atoms with Crippen molar-refractivity contribution < 1.29 is 9.18 Å². The normalized spacial score (nSPS) is 17.4. The molecule has 0 N–H and O–H groups in total. The van der Waals surface area contributed by atoms with Crippen LogP contribution in [0, 0.1) is 11.7 Å². The molecule has 0 spiro atoms. The van der Waals surface area contributed by atoms with Crippen LogP contribution >= 0.6 is 15.9 Å². The van der Waals surface area contributed by atoms with Crippen molar-refractivity contribution in [2.75, 3.05) is 0 Å². The molecule has 1 nitrogen and oxygen atoms in total. The van der Waals surface area contributed by atoms with E-state index in [-0.39, 0.29) is 17.5 Å². The Kier molecular flexibility index (Phi) is 4.93. The van der Waals surface area contributed by atoms with Crippen LogP contribution in [-0.2, 0) is 11.2 Å². The molecule has 2 rings (SSSR count). The lowest BCUT2D eigenvalue weighted by Crippen LogP contribution is -2.16. The lowest BCUT2D eigenvalue weighted by Gasteiger charge is -2.13. The van der Waals surface area contributed by atoms with Crippen LogP contribution in [0.15, 0.2) is 22.7 Å². The average Bonchev–Trinajstić information content (AvgIpc) is 2.62. The van der Waals surface area contributed by atoms with E-state index in [1.807, 2.05) is 0 Å². The Morgan fingerprint density at radius 1 is 1.22 bits per heavy atom. The molecule has 1 saturated carbocycles. The monoisotopic (exact) mass is 312 g/mol. The van der Waals surface area contributed by atoms with Crippen molar-refractivity contribution in [3.8, 4) is 0 Å². The molecule has 0 unspecified atom stereocenters. The van der Waals surface area contributed by atoms with E-state index in [1.54, 1.807) is 6.07 Å². The highest BCUT2D eigenvalue weighted by Gasteiger charge is 2.20. The van der Waals surface area contributed by atoms with E-state index in [4.69, 9.17) is 0 Å². The molecular formula is C15H18BrFO. The van der Waals surface area contributed by atoms with Crippen molar-refractivity contribution in [1.82, 2.24) is 0 Å². The molecule has 0 saturated heterocycles. The SMILES string of the molecule is O=C(Cc1cc(F)ccc1Br)C1CCCCCC1. The number of ketones is 1. The molecule has 0 atom stereocenters. The van der Waals surface area contributed by atoms with Gasteiger partial charge >= 0.3 is 0 Å². The van der Waals surface area contributed by atoms with Crippen molar-refractivity contribution in [3.63, 3.8) is 0 Å². The maximum absolute atomic E-state index is 13.2. The average molecular weight is 313 g/mol. The summed E-state index contributed by atoms with van der Waals surface area (Å²) < 4.78 is 14.0. The number of halogens is 2. The molecule has 3 heteroatoms. The Balaban J connectivity index is 2.03. The predicted octanol–water partition coefficient (Wildman–Crippen LogP) is 4.67. The molecule has 1 aromatic rings. The Morgan fingerprint density at radius 2 is 1.89 bits per heavy atom. The van der Waals surface area contributed by atoms with Gasteiger partial charge in [-0.3, -0.25) is 4.79 Å². The first-order chi connectivity index (χ1) is 8.66. The number of carbonyl (C=O) groups is 1. The highest BCUT2D eigenvalue weighted by Crippen LogP contribution is 2.26. The van der Waals surface area contributed by atoms with Gasteiger partial charge in [0.2, 0.25) is 0 Å². The summed E-state index contributed by atoms with van der Waals surface area (Å²) in [4.78, 5) is 12.2. The highest BCUT2D eigenvalue weighted by atomic mass is 79.9. The molecule has 18 heavy (non-hydrogen) atoms. The minimum atomic E-state index is -0.276. The van der Waals surface area contributed by atoms with Gasteiger partial charge in [-0.05, 0) is 36.6 Å². The van der Waals surface area contributed by atoms with Gasteiger partial charge < -0.3 is 0 Å². The quantitative estimate of drug-likeness (QED) is 0.741. The lowest BCUT2D eigenvalue weighted by molar-refractivity contribution is -0.122. The maximum atomic E-state index is 13.2. The van der Waals surface area contributed by atoms with Gasteiger partial charge in [-0.1, -0.05) is 41.6 Å². The van der Waals surface area contributed by atoms with Crippen LogP contribution in [0.1, 0.15) is 44.1 Å². The Hall–Kier alpha value is -0.700. The smallest absolute Gasteiger partial charge is 0.140 e. The summed E-state index contributed by atoms with van der Waals surface area (Å²) in [6.07, 6.45) is 7.16. The second-order valence-electron chi connectivity index (χ2n) is 5.07. The van der Waals surface area contributed by atoms with E-state index in [1.165, 1.54) is 25.0 Å². The molecule has 1 fully saturated rings. The van der Waals surface area contributed by atoms with Crippen LogP contribution < -0.4 is 0 Å². The number of hydrogen-bond acceptors (Lipinski definition) is 1. The standard InChI is InChI=1S/C15H18BrFO/c16-14-8-7-13(17)9-12(14)10-15(18)11-5-3-1-2-4-6-11/h7-9,11H,1-6,10H2. The summed E-state index contributed by atoms with van der Waals surface area (Å²) >= 11 is 3.38. The summed E-state index contributed by atoms with van der Waals surface area (Å²) in [5.41, 5.74) is 0.768. The first-order valence-corrected chi connectivity index (χ1v) is 7.43. The molecule has 0 bridgehead atoms. The number of hydrogen-bond donors (Lipinski definition) is 0. The van der Waals surface area contributed by atoms with Gasteiger partial charge in [0, 0.05) is 16.8 Å². The van der Waals surface area contributed by atoms with E-state index >= 15 is 0 Å². The summed E-state index contributed by atoms with van der Waals surface area (Å²) in [6, 6.07) is 4.54. The van der Waals surface area contributed by atoms with Crippen LogP contribution in [0.2, 0.25) is 0 Å². The predicted molar refractivity (Wildman–Crippen MR) is 74.0 cm³/mol. The van der Waals surface area contributed by atoms with Gasteiger partial charge in [0.15, 0.2) is 0 Å². The third-order valence-corrected chi connectivity index (χ3v) is 4.46. The summed E-state index contributed by atoms with van der Waals surface area (Å²) in [6.45, 7) is 0. The number of Topliss-reactive ketones (excluding diaryl/α,β-unsaturated/α-hetero) is 1. The minimum Gasteiger partial charge on any atom is -0.299 e. The Bertz CT molecular complexity index is 423. The van der Waals surface area contributed by atoms with Crippen molar-refractivity contribution in [1.29, 1.82) is 0 Å². The van der Waals surface area contributed by atoms with Gasteiger partial charge in [0.05, 0.1) is 0 Å². The molecule has 1 aromatic carbocycles. The fourth-order valence-electron chi connectivity index (χ4n) is 2.61. The fourth-order valence-corrected chi connectivity index (χ4v) is 3.00. The molecule has 0 heterocycles. The fraction of sp³-hybridized carbons (Fsp3) is 0.533. The highest BCUT2D eigenvalue weighted by molar-refractivity contribution is 9.10. The van der Waals surface area contributed by atoms with Crippen molar-refractivity contribution >= 4 is 21.7 Å². The zero-order chi connectivity index (χ0) is 13.0. The summed E-state index contributed by atoms with van der Waals surface area (Å²) in [7, 11) is 0. The van der Waals surface area contributed by atoms with Gasteiger partial charge in [-0.2, -0.15) is 0 Å². The van der Waals surface area contributed by atoms with Gasteiger partial charge in [0.1, 0.15) is 11.6 Å².